The molecule has 0 saturated heterocycles. The largest absolute Gasteiger partial charge is 0.465 e. The number of para-hydroxylation sites is 1. The smallest absolute Gasteiger partial charge is 0.407 e. The number of benzene rings is 1. The van der Waals surface area contributed by atoms with Gasteiger partial charge in [0, 0.05) is 17.5 Å². The van der Waals surface area contributed by atoms with Gasteiger partial charge in [0.15, 0.2) is 0 Å². The van der Waals surface area contributed by atoms with Crippen molar-refractivity contribution in [3.8, 4) is 0 Å². The number of carboxylic acid groups (broad SMARTS) is 1. The Labute approximate surface area is 151 Å². The zero-order valence-corrected chi connectivity index (χ0v) is 15.1. The Morgan fingerprint density at radius 3 is 2.85 bits per heavy atom. The molecule has 0 aliphatic carbocycles. The molecule has 1 aromatic carbocycles. The zero-order valence-electron chi connectivity index (χ0n) is 15.1. The van der Waals surface area contributed by atoms with Crippen LogP contribution in [-0.2, 0) is 11.3 Å². The quantitative estimate of drug-likeness (QED) is 0.762. The summed E-state index contributed by atoms with van der Waals surface area (Å²) in [6.45, 7) is 6.91. The number of ether oxygens (including phenoxy) is 1. The van der Waals surface area contributed by atoms with Crippen LogP contribution in [0.1, 0.15) is 32.6 Å². The van der Waals surface area contributed by atoms with Gasteiger partial charge in [0.2, 0.25) is 0 Å². The van der Waals surface area contributed by atoms with Crippen LogP contribution in [0.5, 0.6) is 0 Å². The van der Waals surface area contributed by atoms with Gasteiger partial charge in [-0.1, -0.05) is 18.2 Å². The van der Waals surface area contributed by atoms with Crippen molar-refractivity contribution >= 4 is 28.0 Å². The first-order chi connectivity index (χ1) is 12.4. The summed E-state index contributed by atoms with van der Waals surface area (Å²) in [5.41, 5.74) is 2.22. The number of hydrogen-bond acceptors (Lipinski definition) is 4. The average molecular weight is 354 g/mol. The van der Waals surface area contributed by atoms with Crippen molar-refractivity contribution in [2.45, 2.75) is 39.0 Å². The summed E-state index contributed by atoms with van der Waals surface area (Å²) in [5.74, 6) is 0.814. The molecule has 7 nitrogen and oxygen atoms in total. The Hall–Kier alpha value is -2.67. The third-order valence-electron chi connectivity index (χ3n) is 4.84. The molecule has 7 heteroatoms. The molecule has 136 valence electrons. The lowest BCUT2D eigenvalue weighted by molar-refractivity contribution is 0.0284. The molecule has 0 radical (unpaired) electrons. The van der Waals surface area contributed by atoms with E-state index in [9.17, 15) is 9.90 Å². The first kappa shape index (κ1) is 16.8. The summed E-state index contributed by atoms with van der Waals surface area (Å²) < 4.78 is 7.86. The molecule has 0 bridgehead atoms. The molecule has 26 heavy (non-hydrogen) atoms. The van der Waals surface area contributed by atoms with E-state index in [0.717, 1.165) is 27.8 Å². The van der Waals surface area contributed by atoms with Crippen molar-refractivity contribution in [1.82, 2.24) is 19.4 Å². The number of fused-ring (bicyclic) bond motifs is 5. The second-order valence-corrected chi connectivity index (χ2v) is 7.64. The number of carbonyl (C=O) groups is 1. The summed E-state index contributed by atoms with van der Waals surface area (Å²) in [7, 11) is 0. The topological polar surface area (TPSA) is 80.5 Å². The van der Waals surface area contributed by atoms with Crippen LogP contribution in [0.3, 0.4) is 0 Å². The molecule has 1 amide bonds. The molecule has 0 fully saturated rings. The Bertz CT molecular complexity index is 990. The maximum Gasteiger partial charge on any atom is 0.407 e. The lowest BCUT2D eigenvalue weighted by Gasteiger charge is -2.37. The molecule has 1 N–H and O–H groups in total. The van der Waals surface area contributed by atoms with Gasteiger partial charge < -0.3 is 19.3 Å². The predicted octanol–water partition coefficient (Wildman–Crippen LogP) is 3.43. The Morgan fingerprint density at radius 2 is 2.12 bits per heavy atom. The molecule has 0 spiro atoms. The molecule has 0 saturated carbocycles. The van der Waals surface area contributed by atoms with Gasteiger partial charge in [-0.25, -0.2) is 9.78 Å². The van der Waals surface area contributed by atoms with E-state index in [4.69, 9.17) is 4.74 Å². The normalized spacial score (nSPS) is 17.4. The fourth-order valence-electron chi connectivity index (χ4n) is 3.61. The Balaban J connectivity index is 1.87. The highest BCUT2D eigenvalue weighted by Crippen LogP contribution is 2.31. The molecular formula is C19H22N4O3. The fraction of sp³-hybridized carbons (Fsp3) is 0.421. The molecule has 3 heterocycles. The summed E-state index contributed by atoms with van der Waals surface area (Å²) in [4.78, 5) is 22.4. The van der Waals surface area contributed by atoms with Crippen molar-refractivity contribution in [3.05, 3.63) is 36.3 Å². The lowest BCUT2D eigenvalue weighted by Crippen LogP contribution is -2.48. The highest BCUT2D eigenvalue weighted by Gasteiger charge is 2.33. The van der Waals surface area contributed by atoms with E-state index in [0.29, 0.717) is 19.8 Å². The third kappa shape index (κ3) is 2.68. The van der Waals surface area contributed by atoms with E-state index >= 15 is 0 Å². The van der Waals surface area contributed by atoms with Crippen molar-refractivity contribution < 1.29 is 14.6 Å². The molecule has 0 unspecified atom stereocenters. The molecule has 2 aromatic heterocycles. The van der Waals surface area contributed by atoms with Crippen LogP contribution in [-0.4, -0.2) is 49.3 Å². The van der Waals surface area contributed by atoms with Gasteiger partial charge in [-0.2, -0.15) is 0 Å². The summed E-state index contributed by atoms with van der Waals surface area (Å²) >= 11 is 0. The monoisotopic (exact) mass is 354 g/mol. The van der Waals surface area contributed by atoms with Crippen molar-refractivity contribution in [2.24, 2.45) is 0 Å². The van der Waals surface area contributed by atoms with Gasteiger partial charge in [0.1, 0.15) is 17.9 Å². The minimum Gasteiger partial charge on any atom is -0.465 e. The number of aromatic nitrogens is 3. The van der Waals surface area contributed by atoms with Crippen LogP contribution in [0.15, 0.2) is 30.5 Å². The Kier molecular flexibility index (Phi) is 3.84. The number of hydrogen-bond donors (Lipinski definition) is 1. The highest BCUT2D eigenvalue weighted by atomic mass is 16.5. The van der Waals surface area contributed by atoms with Crippen LogP contribution in [0, 0.1) is 0 Å². The van der Waals surface area contributed by atoms with Crippen LogP contribution in [0.4, 0.5) is 4.79 Å². The van der Waals surface area contributed by atoms with Crippen LogP contribution in [0.25, 0.3) is 21.9 Å². The van der Waals surface area contributed by atoms with Crippen molar-refractivity contribution in [2.75, 3.05) is 13.2 Å². The number of imidazole rings is 1. The molecule has 4 rings (SSSR count). The number of rotatable bonds is 2. The third-order valence-corrected chi connectivity index (χ3v) is 4.84. The Morgan fingerprint density at radius 1 is 1.35 bits per heavy atom. The molecular weight excluding hydrogens is 332 g/mol. The van der Waals surface area contributed by atoms with Crippen molar-refractivity contribution in [3.63, 3.8) is 0 Å². The summed E-state index contributed by atoms with van der Waals surface area (Å²) in [6.07, 6.45) is 0.847. The zero-order chi connectivity index (χ0) is 18.5. The van der Waals surface area contributed by atoms with Crippen LogP contribution >= 0.6 is 0 Å². The second-order valence-electron chi connectivity index (χ2n) is 7.64. The average Bonchev–Trinajstić information content (AvgIpc) is 2.98. The van der Waals surface area contributed by atoms with E-state index in [1.165, 1.54) is 4.90 Å². The first-order valence-corrected chi connectivity index (χ1v) is 8.69. The summed E-state index contributed by atoms with van der Waals surface area (Å²) in [6, 6.07) is 7.81. The van der Waals surface area contributed by atoms with E-state index in [2.05, 4.69) is 14.5 Å². The van der Waals surface area contributed by atoms with E-state index in [1.54, 1.807) is 6.20 Å². The minimum absolute atomic E-state index is 0.134. The number of nitrogens with zero attached hydrogens (tertiary/aromatic N) is 4. The SMILES string of the molecule is CC(C)(C)N(C[C@H]1COCc2nc3cnc4ccccc4c3n21)C(=O)O. The van der Waals surface area contributed by atoms with Gasteiger partial charge in [-0.3, -0.25) is 4.98 Å². The van der Waals surface area contributed by atoms with E-state index < -0.39 is 11.6 Å². The molecule has 1 aliphatic rings. The minimum atomic E-state index is -0.930. The summed E-state index contributed by atoms with van der Waals surface area (Å²) in [5, 5.41) is 10.7. The van der Waals surface area contributed by atoms with Gasteiger partial charge in [-0.05, 0) is 26.8 Å². The van der Waals surface area contributed by atoms with Gasteiger partial charge in [0.25, 0.3) is 0 Å². The van der Waals surface area contributed by atoms with Crippen molar-refractivity contribution in [1.29, 1.82) is 0 Å². The van der Waals surface area contributed by atoms with E-state index in [-0.39, 0.29) is 6.04 Å². The fourth-order valence-corrected chi connectivity index (χ4v) is 3.61. The standard InChI is InChI=1S/C19H22N4O3/c1-19(2,3)22(18(24)25)9-12-10-26-11-16-21-15-8-20-14-7-5-4-6-13(14)17(15)23(12)16/h4-8,12H,9-11H2,1-3H3,(H,24,25)/t12-/m0/s1. The number of amides is 1. The van der Waals surface area contributed by atoms with Gasteiger partial charge in [-0.15, -0.1) is 0 Å². The highest BCUT2D eigenvalue weighted by molar-refractivity contribution is 6.02. The van der Waals surface area contributed by atoms with Crippen LogP contribution < -0.4 is 0 Å². The molecule has 1 atom stereocenters. The molecule has 3 aromatic rings. The van der Waals surface area contributed by atoms with Gasteiger partial charge >= 0.3 is 6.09 Å². The number of pyridine rings is 1. The predicted molar refractivity (Wildman–Crippen MR) is 98.2 cm³/mol. The maximum absolute atomic E-state index is 11.8. The maximum atomic E-state index is 11.8. The van der Waals surface area contributed by atoms with Gasteiger partial charge in [0.05, 0.1) is 29.9 Å². The second kappa shape index (κ2) is 5.95. The molecule has 1 aliphatic heterocycles. The lowest BCUT2D eigenvalue weighted by atomic mass is 10.1. The van der Waals surface area contributed by atoms with Crippen LogP contribution in [0.2, 0.25) is 0 Å². The van der Waals surface area contributed by atoms with E-state index in [1.807, 2.05) is 45.0 Å². The first-order valence-electron chi connectivity index (χ1n) is 8.69.